The van der Waals surface area contributed by atoms with E-state index < -0.39 is 0 Å². The minimum atomic E-state index is 0.00958. The molecule has 1 unspecified atom stereocenters. The number of rotatable bonds is 10. The van der Waals surface area contributed by atoms with Gasteiger partial charge < -0.3 is 0 Å². The fourth-order valence-corrected chi connectivity index (χ4v) is 4.85. The average Bonchev–Trinajstić information content (AvgIpc) is 2.61. The first kappa shape index (κ1) is 19.3. The Labute approximate surface area is 150 Å². The maximum absolute atomic E-state index is 12.2. The predicted molar refractivity (Wildman–Crippen MR) is 102 cm³/mol. The number of hydroxylamine groups is 1. The van der Waals surface area contributed by atoms with Crippen molar-refractivity contribution in [2.45, 2.75) is 81.8 Å². The topological polar surface area (TPSA) is 38.3 Å². The summed E-state index contributed by atoms with van der Waals surface area (Å²) < 4.78 is 0. The lowest BCUT2D eigenvalue weighted by molar-refractivity contribution is -0.134. The minimum Gasteiger partial charge on any atom is -0.273 e. The van der Waals surface area contributed by atoms with Gasteiger partial charge in [0.25, 0.3) is 0 Å². The number of nitrogens with one attached hydrogen (secondary N) is 1. The molecule has 2 rings (SSSR count). The Morgan fingerprint density at radius 1 is 1.25 bits per heavy atom. The Balaban J connectivity index is 1.71. The summed E-state index contributed by atoms with van der Waals surface area (Å²) in [5.74, 6) is 0.00958. The first-order valence-electron chi connectivity index (χ1n) is 9.38. The minimum absolute atomic E-state index is 0.00958. The van der Waals surface area contributed by atoms with Crippen LogP contribution in [0.15, 0.2) is 30.3 Å². The maximum Gasteiger partial charge on any atom is 0.244 e. The number of hydrogen-bond donors (Lipinski definition) is 1. The molecule has 0 radical (unpaired) electrons. The van der Waals surface area contributed by atoms with Crippen LogP contribution >= 0.6 is 11.8 Å². The molecular formula is C20H31NO2S. The molecule has 1 aliphatic rings. The van der Waals surface area contributed by atoms with Crippen LogP contribution in [-0.2, 0) is 16.2 Å². The molecular weight excluding hydrogens is 318 g/mol. The van der Waals surface area contributed by atoms with Crippen LogP contribution in [0.25, 0.3) is 0 Å². The van der Waals surface area contributed by atoms with Crippen LogP contribution in [0.3, 0.4) is 0 Å². The molecule has 1 amide bonds. The molecule has 24 heavy (non-hydrogen) atoms. The molecule has 1 N–H and O–H groups in total. The Morgan fingerprint density at radius 2 is 2.00 bits per heavy atom. The number of hydrogen-bond acceptors (Lipinski definition) is 3. The molecule has 3 nitrogen and oxygen atoms in total. The van der Waals surface area contributed by atoms with Gasteiger partial charge in [0.1, 0.15) is 0 Å². The molecule has 0 bridgehead atoms. The zero-order chi connectivity index (χ0) is 17.0. The van der Waals surface area contributed by atoms with E-state index in [1.165, 1.54) is 44.9 Å². The second kappa shape index (κ2) is 11.5. The molecule has 1 aliphatic carbocycles. The first-order chi connectivity index (χ1) is 11.8. The maximum atomic E-state index is 12.2. The van der Waals surface area contributed by atoms with Crippen molar-refractivity contribution >= 4 is 17.7 Å². The van der Waals surface area contributed by atoms with Gasteiger partial charge in [-0.15, -0.1) is 0 Å². The van der Waals surface area contributed by atoms with E-state index in [-0.39, 0.29) is 5.91 Å². The zero-order valence-electron chi connectivity index (χ0n) is 14.8. The van der Waals surface area contributed by atoms with Crippen molar-refractivity contribution in [1.82, 2.24) is 5.48 Å². The van der Waals surface area contributed by atoms with Crippen molar-refractivity contribution in [3.8, 4) is 0 Å². The lowest BCUT2D eigenvalue weighted by Gasteiger charge is -2.26. The van der Waals surface area contributed by atoms with Crippen LogP contribution in [-0.4, -0.2) is 16.4 Å². The Bertz CT molecular complexity index is 460. The van der Waals surface area contributed by atoms with E-state index in [1.54, 1.807) is 0 Å². The third-order valence-corrected chi connectivity index (χ3v) is 6.14. The van der Waals surface area contributed by atoms with Crippen molar-refractivity contribution in [1.29, 1.82) is 0 Å². The average molecular weight is 350 g/mol. The summed E-state index contributed by atoms with van der Waals surface area (Å²) in [6, 6.07) is 9.91. The second-order valence-corrected chi connectivity index (χ2v) is 8.27. The van der Waals surface area contributed by atoms with Gasteiger partial charge in [-0.3, -0.25) is 9.63 Å². The standard InChI is InChI=1S/C20H31NO2S/c1-2-3-12-19(24-18-13-8-5-9-14-18)15-20(22)21-23-16-17-10-6-4-7-11-17/h4,6-7,10-11,18-19H,2-3,5,8-9,12-16H2,1H3,(H,21,22). The van der Waals surface area contributed by atoms with Crippen molar-refractivity contribution < 1.29 is 9.63 Å². The highest BCUT2D eigenvalue weighted by Crippen LogP contribution is 2.34. The third-order valence-electron chi connectivity index (χ3n) is 4.50. The summed E-state index contributed by atoms with van der Waals surface area (Å²) in [7, 11) is 0. The Morgan fingerprint density at radius 3 is 2.71 bits per heavy atom. The van der Waals surface area contributed by atoms with E-state index in [0.29, 0.717) is 18.3 Å². The summed E-state index contributed by atoms with van der Waals surface area (Å²) in [6.07, 6.45) is 10.8. The van der Waals surface area contributed by atoms with E-state index in [9.17, 15) is 4.79 Å². The molecule has 0 spiro atoms. The SMILES string of the molecule is CCCCC(CC(=O)NOCc1ccccc1)SC1CCCCC1. The second-order valence-electron chi connectivity index (χ2n) is 6.66. The highest BCUT2D eigenvalue weighted by molar-refractivity contribution is 8.00. The molecule has 134 valence electrons. The van der Waals surface area contributed by atoms with E-state index in [0.717, 1.165) is 17.2 Å². The number of benzene rings is 1. The quantitative estimate of drug-likeness (QED) is 0.586. The first-order valence-corrected chi connectivity index (χ1v) is 10.3. The molecule has 1 aromatic rings. The van der Waals surface area contributed by atoms with Crippen LogP contribution in [0.2, 0.25) is 0 Å². The molecule has 0 aliphatic heterocycles. The fraction of sp³-hybridized carbons (Fsp3) is 0.650. The fourth-order valence-electron chi connectivity index (χ4n) is 3.15. The van der Waals surface area contributed by atoms with Gasteiger partial charge in [-0.2, -0.15) is 11.8 Å². The van der Waals surface area contributed by atoms with Crippen LogP contribution < -0.4 is 5.48 Å². The zero-order valence-corrected chi connectivity index (χ0v) is 15.7. The molecule has 1 atom stereocenters. The molecule has 1 fully saturated rings. The predicted octanol–water partition coefficient (Wildman–Crippen LogP) is 5.25. The van der Waals surface area contributed by atoms with E-state index in [2.05, 4.69) is 12.4 Å². The van der Waals surface area contributed by atoms with Gasteiger partial charge >= 0.3 is 0 Å². The largest absolute Gasteiger partial charge is 0.273 e. The molecule has 4 heteroatoms. The van der Waals surface area contributed by atoms with Crippen molar-refractivity contribution in [2.24, 2.45) is 0 Å². The van der Waals surface area contributed by atoms with E-state index in [4.69, 9.17) is 4.84 Å². The third kappa shape index (κ3) is 7.71. The molecule has 0 heterocycles. The smallest absolute Gasteiger partial charge is 0.244 e. The molecule has 0 saturated heterocycles. The number of thioether (sulfide) groups is 1. The number of unbranched alkanes of at least 4 members (excludes halogenated alkanes) is 1. The molecule has 1 saturated carbocycles. The van der Waals surface area contributed by atoms with Crippen LogP contribution in [0.1, 0.15) is 70.3 Å². The highest BCUT2D eigenvalue weighted by atomic mass is 32.2. The number of carbonyl (C=O) groups is 1. The Kier molecular flexibility index (Phi) is 9.29. The van der Waals surface area contributed by atoms with Crippen molar-refractivity contribution in [3.63, 3.8) is 0 Å². The van der Waals surface area contributed by atoms with E-state index >= 15 is 0 Å². The molecule has 0 aromatic heterocycles. The van der Waals surface area contributed by atoms with Crippen molar-refractivity contribution in [3.05, 3.63) is 35.9 Å². The number of amides is 1. The normalized spacial score (nSPS) is 16.7. The van der Waals surface area contributed by atoms with E-state index in [1.807, 2.05) is 42.1 Å². The highest BCUT2D eigenvalue weighted by Gasteiger charge is 2.21. The molecule has 1 aromatic carbocycles. The van der Waals surface area contributed by atoms with Gasteiger partial charge in [-0.25, -0.2) is 5.48 Å². The summed E-state index contributed by atoms with van der Waals surface area (Å²) in [4.78, 5) is 17.6. The van der Waals surface area contributed by atoms with Gasteiger partial charge in [0.2, 0.25) is 5.91 Å². The van der Waals surface area contributed by atoms with Gasteiger partial charge in [-0.1, -0.05) is 69.4 Å². The van der Waals surface area contributed by atoms with Crippen LogP contribution in [0.4, 0.5) is 0 Å². The van der Waals surface area contributed by atoms with Crippen LogP contribution in [0.5, 0.6) is 0 Å². The lowest BCUT2D eigenvalue weighted by Crippen LogP contribution is -2.27. The summed E-state index contributed by atoms with van der Waals surface area (Å²) in [5.41, 5.74) is 3.69. The lowest BCUT2D eigenvalue weighted by atomic mass is 10.0. The summed E-state index contributed by atoms with van der Waals surface area (Å²) in [5, 5.41) is 1.17. The summed E-state index contributed by atoms with van der Waals surface area (Å²) >= 11 is 2.05. The van der Waals surface area contributed by atoms with Gasteiger partial charge in [0.15, 0.2) is 0 Å². The van der Waals surface area contributed by atoms with Gasteiger partial charge in [0.05, 0.1) is 6.61 Å². The monoisotopic (exact) mass is 349 g/mol. The van der Waals surface area contributed by atoms with Gasteiger partial charge in [-0.05, 0) is 24.8 Å². The Hall–Kier alpha value is -1.00. The van der Waals surface area contributed by atoms with Crippen molar-refractivity contribution in [2.75, 3.05) is 0 Å². The number of carbonyl (C=O) groups excluding carboxylic acids is 1. The van der Waals surface area contributed by atoms with Gasteiger partial charge in [0, 0.05) is 16.9 Å². The van der Waals surface area contributed by atoms with Crippen LogP contribution in [0, 0.1) is 0 Å². The summed E-state index contributed by atoms with van der Waals surface area (Å²) in [6.45, 7) is 2.63.